The molecular formula is C29H23BrClNO5. The average molecular weight is 581 g/mol. The van der Waals surface area contributed by atoms with Crippen LogP contribution in [0.25, 0.3) is 11.0 Å². The van der Waals surface area contributed by atoms with Crippen molar-refractivity contribution in [2.75, 3.05) is 4.90 Å². The molecule has 1 unspecified atom stereocenters. The Morgan fingerprint density at radius 2 is 1.70 bits per heavy atom. The Kier molecular flexibility index (Phi) is 6.16. The number of phenols is 1. The number of amides is 1. The van der Waals surface area contributed by atoms with E-state index in [1.165, 1.54) is 23.1 Å². The maximum atomic E-state index is 13.8. The summed E-state index contributed by atoms with van der Waals surface area (Å²) in [6, 6.07) is 17.6. The van der Waals surface area contributed by atoms with Crippen molar-refractivity contribution in [2.45, 2.75) is 32.2 Å². The number of halogens is 2. The number of aliphatic hydroxyl groups excluding tert-OH is 1. The van der Waals surface area contributed by atoms with Crippen LogP contribution in [0.4, 0.5) is 5.69 Å². The van der Waals surface area contributed by atoms with Crippen LogP contribution >= 0.6 is 27.5 Å². The molecule has 1 atom stereocenters. The molecule has 0 fully saturated rings. The van der Waals surface area contributed by atoms with Crippen molar-refractivity contribution in [2.24, 2.45) is 0 Å². The van der Waals surface area contributed by atoms with Gasteiger partial charge in [-0.05, 0) is 59.0 Å². The number of nitrogens with zero attached hydrogens (tertiary/aromatic N) is 1. The van der Waals surface area contributed by atoms with E-state index in [4.69, 9.17) is 16.0 Å². The van der Waals surface area contributed by atoms with Gasteiger partial charge in [0.15, 0.2) is 11.5 Å². The SMILES string of the molecule is CC(C)(C)c1ccc(C2C(C(=O)c3cc4cc(Br)ccc4o3)=C(O)C(=O)N2c2cc(Cl)ccc2O)cc1. The van der Waals surface area contributed by atoms with Gasteiger partial charge in [0.1, 0.15) is 11.3 Å². The predicted octanol–water partition coefficient (Wildman–Crippen LogP) is 7.63. The van der Waals surface area contributed by atoms with Crippen LogP contribution in [0.15, 0.2) is 87.0 Å². The van der Waals surface area contributed by atoms with Crippen molar-refractivity contribution in [3.05, 3.63) is 104 Å². The molecule has 3 aromatic carbocycles. The number of Topliss-reactive ketones (excluding diaryl/α,β-unsaturated/α-hetero) is 1. The van der Waals surface area contributed by atoms with E-state index in [0.29, 0.717) is 16.5 Å². The van der Waals surface area contributed by atoms with E-state index in [-0.39, 0.29) is 33.2 Å². The molecule has 0 saturated carbocycles. The smallest absolute Gasteiger partial charge is 0.294 e. The van der Waals surface area contributed by atoms with Crippen LogP contribution in [0.5, 0.6) is 5.75 Å². The molecule has 0 aliphatic carbocycles. The van der Waals surface area contributed by atoms with Gasteiger partial charge in [0.2, 0.25) is 5.78 Å². The molecule has 37 heavy (non-hydrogen) atoms. The Labute approximate surface area is 226 Å². The monoisotopic (exact) mass is 579 g/mol. The first-order chi connectivity index (χ1) is 17.5. The van der Waals surface area contributed by atoms with Gasteiger partial charge in [-0.3, -0.25) is 14.5 Å². The lowest BCUT2D eigenvalue weighted by Crippen LogP contribution is -2.31. The van der Waals surface area contributed by atoms with Gasteiger partial charge in [0, 0.05) is 14.9 Å². The Bertz CT molecular complexity index is 1600. The van der Waals surface area contributed by atoms with Crippen molar-refractivity contribution >= 4 is 55.9 Å². The zero-order chi connectivity index (χ0) is 26.6. The zero-order valence-corrected chi connectivity index (χ0v) is 22.6. The number of fused-ring (bicyclic) bond motifs is 1. The highest BCUT2D eigenvalue weighted by atomic mass is 79.9. The highest BCUT2D eigenvalue weighted by molar-refractivity contribution is 9.10. The Balaban J connectivity index is 1.68. The number of carbonyl (C=O) groups excluding carboxylic acids is 2. The number of benzene rings is 3. The number of aliphatic hydroxyl groups is 1. The summed E-state index contributed by atoms with van der Waals surface area (Å²) < 4.78 is 6.61. The summed E-state index contributed by atoms with van der Waals surface area (Å²) in [6.07, 6.45) is 0. The second-order valence-electron chi connectivity index (χ2n) is 9.97. The quantitative estimate of drug-likeness (QED) is 0.242. The highest BCUT2D eigenvalue weighted by Gasteiger charge is 2.46. The van der Waals surface area contributed by atoms with Crippen molar-refractivity contribution in [1.82, 2.24) is 0 Å². The number of anilines is 1. The molecule has 0 radical (unpaired) electrons. The topological polar surface area (TPSA) is 91.0 Å². The minimum absolute atomic E-state index is 0.0177. The van der Waals surface area contributed by atoms with Crippen molar-refractivity contribution in [3.63, 3.8) is 0 Å². The third-order valence-corrected chi connectivity index (χ3v) is 7.17. The van der Waals surface area contributed by atoms with Gasteiger partial charge in [-0.2, -0.15) is 0 Å². The van der Waals surface area contributed by atoms with Crippen LogP contribution in [0.1, 0.15) is 48.5 Å². The van der Waals surface area contributed by atoms with Gasteiger partial charge in [-0.1, -0.05) is 72.6 Å². The summed E-state index contributed by atoms with van der Waals surface area (Å²) in [7, 11) is 0. The van der Waals surface area contributed by atoms with E-state index in [9.17, 15) is 19.8 Å². The lowest BCUT2D eigenvalue weighted by atomic mass is 9.85. The third-order valence-electron chi connectivity index (χ3n) is 6.44. The number of hydrogen-bond acceptors (Lipinski definition) is 5. The number of aromatic hydroxyl groups is 1. The van der Waals surface area contributed by atoms with Gasteiger partial charge in [0.05, 0.1) is 17.3 Å². The minimum atomic E-state index is -1.03. The summed E-state index contributed by atoms with van der Waals surface area (Å²) in [5, 5.41) is 22.6. The first-order valence-electron chi connectivity index (χ1n) is 11.5. The van der Waals surface area contributed by atoms with Gasteiger partial charge < -0.3 is 14.6 Å². The van der Waals surface area contributed by atoms with Crippen LogP contribution in [-0.2, 0) is 10.2 Å². The summed E-state index contributed by atoms with van der Waals surface area (Å²) in [4.78, 5) is 28.4. The number of rotatable bonds is 4. The van der Waals surface area contributed by atoms with Crippen LogP contribution < -0.4 is 4.90 Å². The molecule has 2 N–H and O–H groups in total. The fourth-order valence-electron chi connectivity index (χ4n) is 4.51. The van der Waals surface area contributed by atoms with Crippen LogP contribution in [0.3, 0.4) is 0 Å². The van der Waals surface area contributed by atoms with E-state index in [0.717, 1.165) is 10.0 Å². The van der Waals surface area contributed by atoms with Gasteiger partial charge >= 0.3 is 0 Å². The maximum Gasteiger partial charge on any atom is 0.294 e. The van der Waals surface area contributed by atoms with E-state index >= 15 is 0 Å². The molecule has 188 valence electrons. The van der Waals surface area contributed by atoms with Crippen molar-refractivity contribution < 1.29 is 24.2 Å². The number of hydrogen-bond donors (Lipinski definition) is 2. The lowest BCUT2D eigenvalue weighted by Gasteiger charge is -2.28. The Morgan fingerprint density at radius 1 is 1.00 bits per heavy atom. The lowest BCUT2D eigenvalue weighted by molar-refractivity contribution is -0.117. The second-order valence-corrected chi connectivity index (χ2v) is 11.3. The fraction of sp³-hybridized carbons (Fsp3) is 0.172. The average Bonchev–Trinajstić information content (AvgIpc) is 3.38. The normalized spacial score (nSPS) is 16.2. The minimum Gasteiger partial charge on any atom is -0.506 e. The summed E-state index contributed by atoms with van der Waals surface area (Å²) in [6.45, 7) is 6.24. The van der Waals surface area contributed by atoms with Crippen LogP contribution in [-0.4, -0.2) is 21.9 Å². The number of carbonyl (C=O) groups is 2. The van der Waals surface area contributed by atoms with Crippen LogP contribution in [0, 0.1) is 0 Å². The summed E-state index contributed by atoms with van der Waals surface area (Å²) in [5.41, 5.74) is 1.94. The molecule has 1 aromatic heterocycles. The highest BCUT2D eigenvalue weighted by Crippen LogP contribution is 2.46. The fourth-order valence-corrected chi connectivity index (χ4v) is 5.06. The zero-order valence-electron chi connectivity index (χ0n) is 20.3. The molecule has 1 aliphatic heterocycles. The summed E-state index contributed by atoms with van der Waals surface area (Å²) in [5.74, 6) is -2.41. The first kappa shape index (κ1) is 25.1. The Morgan fingerprint density at radius 3 is 2.38 bits per heavy atom. The molecule has 5 rings (SSSR count). The van der Waals surface area contributed by atoms with Gasteiger partial charge in [0.25, 0.3) is 5.91 Å². The van der Waals surface area contributed by atoms with Crippen molar-refractivity contribution in [3.8, 4) is 5.75 Å². The van der Waals surface area contributed by atoms with Crippen LogP contribution in [0.2, 0.25) is 5.02 Å². The third kappa shape index (κ3) is 4.43. The number of furan rings is 1. The molecular weight excluding hydrogens is 558 g/mol. The summed E-state index contributed by atoms with van der Waals surface area (Å²) >= 11 is 9.59. The molecule has 4 aromatic rings. The number of ketones is 1. The van der Waals surface area contributed by atoms with E-state index < -0.39 is 23.5 Å². The molecule has 0 saturated heterocycles. The molecule has 0 spiro atoms. The molecule has 6 nitrogen and oxygen atoms in total. The van der Waals surface area contributed by atoms with E-state index in [1.807, 2.05) is 30.3 Å². The molecule has 0 bridgehead atoms. The molecule has 1 amide bonds. The van der Waals surface area contributed by atoms with Gasteiger partial charge in [-0.25, -0.2) is 0 Å². The Hall–Kier alpha value is -3.55. The standard InChI is InChI=1S/C29H23BrClNO5/c1-29(2,3)17-6-4-15(5-7-17)25-24(26(34)23-13-16-12-18(30)8-11-22(16)37-23)27(35)28(36)32(25)20-14-19(31)9-10-21(20)33/h4-14,25,33,35H,1-3H3. The van der Waals surface area contributed by atoms with Crippen molar-refractivity contribution in [1.29, 1.82) is 0 Å². The second kappa shape index (κ2) is 9.08. The number of phenolic OH excluding ortho intramolecular Hbond substituents is 1. The van der Waals surface area contributed by atoms with E-state index in [1.54, 1.807) is 18.2 Å². The molecule has 8 heteroatoms. The van der Waals surface area contributed by atoms with Gasteiger partial charge in [-0.15, -0.1) is 0 Å². The van der Waals surface area contributed by atoms with E-state index in [2.05, 4.69) is 36.7 Å². The maximum absolute atomic E-state index is 13.8. The largest absolute Gasteiger partial charge is 0.506 e. The predicted molar refractivity (Wildman–Crippen MR) is 146 cm³/mol. The molecule has 1 aliphatic rings. The first-order valence-corrected chi connectivity index (χ1v) is 12.7. The molecule has 2 heterocycles.